The quantitative estimate of drug-likeness (QED) is 0.348. The summed E-state index contributed by atoms with van der Waals surface area (Å²) in [5, 5.41) is 0. The van der Waals surface area contributed by atoms with Crippen LogP contribution < -0.4 is 0 Å². The highest BCUT2D eigenvalue weighted by atomic mass is 16.5. The number of unbranched alkanes of at least 4 members (excludes halogenated alkanes) is 2. The molecular weight excluding hydrogens is 272 g/mol. The van der Waals surface area contributed by atoms with Crippen molar-refractivity contribution in [3.8, 4) is 0 Å². The van der Waals surface area contributed by atoms with Crippen LogP contribution in [0, 0.1) is 17.8 Å². The van der Waals surface area contributed by atoms with Crippen molar-refractivity contribution in [1.29, 1.82) is 0 Å². The molecule has 0 fully saturated rings. The average Bonchev–Trinajstić information content (AvgIpc) is 2.53. The molecule has 0 aliphatic heterocycles. The Hall–Kier alpha value is -0.530. The maximum absolute atomic E-state index is 12.1. The molecule has 0 radical (unpaired) electrons. The second-order valence-electron chi connectivity index (χ2n) is 6.75. The van der Waals surface area contributed by atoms with E-state index >= 15 is 0 Å². The molecule has 22 heavy (non-hydrogen) atoms. The van der Waals surface area contributed by atoms with E-state index in [4.69, 9.17) is 4.74 Å². The Morgan fingerprint density at radius 3 is 1.86 bits per heavy atom. The molecule has 2 heteroatoms. The molecule has 0 N–H and O–H groups in total. The number of hydrogen-bond donors (Lipinski definition) is 0. The molecule has 0 aromatic heterocycles. The molecule has 0 aromatic rings. The van der Waals surface area contributed by atoms with Crippen molar-refractivity contribution in [2.75, 3.05) is 6.61 Å². The van der Waals surface area contributed by atoms with Crippen LogP contribution in [0.25, 0.3) is 0 Å². The number of carbonyl (C=O) groups is 1. The van der Waals surface area contributed by atoms with Gasteiger partial charge in [-0.1, -0.05) is 72.6 Å². The fourth-order valence-electron chi connectivity index (χ4n) is 3.37. The summed E-state index contributed by atoms with van der Waals surface area (Å²) in [5.74, 6) is 1.65. The Morgan fingerprint density at radius 1 is 0.818 bits per heavy atom. The van der Waals surface area contributed by atoms with Gasteiger partial charge in [0.15, 0.2) is 0 Å². The van der Waals surface area contributed by atoms with Crippen molar-refractivity contribution >= 4 is 5.97 Å². The van der Waals surface area contributed by atoms with Gasteiger partial charge in [0, 0.05) is 0 Å². The number of hydrogen-bond acceptors (Lipinski definition) is 2. The van der Waals surface area contributed by atoms with Gasteiger partial charge in [-0.25, -0.2) is 0 Å². The zero-order valence-corrected chi connectivity index (χ0v) is 15.8. The van der Waals surface area contributed by atoms with Crippen molar-refractivity contribution in [2.24, 2.45) is 17.8 Å². The molecule has 132 valence electrons. The first kappa shape index (κ1) is 21.5. The van der Waals surface area contributed by atoms with Gasteiger partial charge < -0.3 is 4.74 Å². The molecule has 0 rings (SSSR count). The molecule has 0 saturated heterocycles. The maximum atomic E-state index is 12.1. The van der Waals surface area contributed by atoms with Crippen molar-refractivity contribution in [1.82, 2.24) is 0 Å². The van der Waals surface area contributed by atoms with E-state index in [0.717, 1.165) is 18.8 Å². The third-order valence-corrected chi connectivity index (χ3v) is 4.91. The van der Waals surface area contributed by atoms with E-state index in [1.165, 1.54) is 51.4 Å². The van der Waals surface area contributed by atoms with Gasteiger partial charge in [-0.3, -0.25) is 4.79 Å². The first-order chi connectivity index (χ1) is 10.6. The third kappa shape index (κ3) is 9.48. The number of rotatable bonds is 14. The summed E-state index contributed by atoms with van der Waals surface area (Å²) in [5.41, 5.74) is 0. The zero-order chi connectivity index (χ0) is 16.8. The van der Waals surface area contributed by atoms with E-state index in [1.54, 1.807) is 0 Å². The second-order valence-corrected chi connectivity index (χ2v) is 6.75. The minimum absolute atomic E-state index is 0.0214. The molecule has 3 atom stereocenters. The lowest BCUT2D eigenvalue weighted by molar-refractivity contribution is -0.148. The van der Waals surface area contributed by atoms with Crippen LogP contribution in [0.5, 0.6) is 0 Å². The standard InChI is InChI=1S/C20H40O2/c1-6-11-13-17(8-3)15-18(14-12-7-2)16-19(9-4)20(21)22-10-5/h17-19H,6-16H2,1-5H3. The van der Waals surface area contributed by atoms with Crippen molar-refractivity contribution in [3.63, 3.8) is 0 Å². The average molecular weight is 313 g/mol. The molecule has 0 spiro atoms. The highest BCUT2D eigenvalue weighted by molar-refractivity contribution is 5.72. The molecule has 0 aliphatic carbocycles. The number of carbonyl (C=O) groups excluding carboxylic acids is 1. The van der Waals surface area contributed by atoms with E-state index in [2.05, 4.69) is 27.7 Å². The summed E-state index contributed by atoms with van der Waals surface area (Å²) >= 11 is 0. The summed E-state index contributed by atoms with van der Waals surface area (Å²) in [6.45, 7) is 11.4. The van der Waals surface area contributed by atoms with Gasteiger partial charge in [0.2, 0.25) is 0 Å². The molecular formula is C20H40O2. The Labute approximate surface area is 139 Å². The lowest BCUT2D eigenvalue weighted by Gasteiger charge is -2.25. The van der Waals surface area contributed by atoms with Crippen LogP contribution in [0.4, 0.5) is 0 Å². The predicted octanol–water partition coefficient (Wildman–Crippen LogP) is 6.38. The molecule has 0 saturated carbocycles. The minimum atomic E-state index is 0.0214. The van der Waals surface area contributed by atoms with Crippen LogP contribution in [0.3, 0.4) is 0 Å². The molecule has 3 unspecified atom stereocenters. The van der Waals surface area contributed by atoms with Crippen molar-refractivity contribution < 1.29 is 9.53 Å². The Kier molecular flexibility index (Phi) is 13.7. The molecule has 0 amide bonds. The van der Waals surface area contributed by atoms with E-state index in [-0.39, 0.29) is 11.9 Å². The van der Waals surface area contributed by atoms with Crippen molar-refractivity contribution in [3.05, 3.63) is 0 Å². The SMILES string of the molecule is CCCCC(CC)CC(CCCC)CC(CC)C(=O)OCC. The molecule has 0 aliphatic rings. The van der Waals surface area contributed by atoms with Crippen LogP contribution in [0.2, 0.25) is 0 Å². The molecule has 0 aromatic carbocycles. The van der Waals surface area contributed by atoms with Crippen LogP contribution in [-0.4, -0.2) is 12.6 Å². The third-order valence-electron chi connectivity index (χ3n) is 4.91. The van der Waals surface area contributed by atoms with Gasteiger partial charge in [0.05, 0.1) is 12.5 Å². The summed E-state index contributed by atoms with van der Waals surface area (Å²) in [4.78, 5) is 12.1. The van der Waals surface area contributed by atoms with E-state index < -0.39 is 0 Å². The predicted molar refractivity (Wildman–Crippen MR) is 96.0 cm³/mol. The van der Waals surface area contributed by atoms with Crippen LogP contribution in [0.1, 0.15) is 98.8 Å². The zero-order valence-electron chi connectivity index (χ0n) is 15.8. The molecule has 0 bridgehead atoms. The summed E-state index contributed by atoms with van der Waals surface area (Å²) < 4.78 is 5.26. The van der Waals surface area contributed by atoms with E-state index in [9.17, 15) is 4.79 Å². The van der Waals surface area contributed by atoms with Gasteiger partial charge in [0.25, 0.3) is 0 Å². The normalized spacial score (nSPS) is 15.3. The lowest BCUT2D eigenvalue weighted by Crippen LogP contribution is -2.22. The van der Waals surface area contributed by atoms with E-state index in [0.29, 0.717) is 12.5 Å². The van der Waals surface area contributed by atoms with Crippen molar-refractivity contribution in [2.45, 2.75) is 98.8 Å². The van der Waals surface area contributed by atoms with E-state index in [1.807, 2.05) is 6.92 Å². The fourth-order valence-corrected chi connectivity index (χ4v) is 3.37. The maximum Gasteiger partial charge on any atom is 0.308 e. The second kappa shape index (κ2) is 14.1. The highest BCUT2D eigenvalue weighted by Gasteiger charge is 2.24. The topological polar surface area (TPSA) is 26.3 Å². The van der Waals surface area contributed by atoms with Crippen LogP contribution in [0.15, 0.2) is 0 Å². The van der Waals surface area contributed by atoms with Gasteiger partial charge in [0.1, 0.15) is 0 Å². The molecule has 0 heterocycles. The monoisotopic (exact) mass is 312 g/mol. The Bertz CT molecular complexity index is 262. The smallest absolute Gasteiger partial charge is 0.308 e. The largest absolute Gasteiger partial charge is 0.466 e. The van der Waals surface area contributed by atoms with Gasteiger partial charge in [-0.2, -0.15) is 0 Å². The van der Waals surface area contributed by atoms with Gasteiger partial charge in [-0.05, 0) is 38.0 Å². The number of esters is 1. The Morgan fingerprint density at radius 2 is 1.41 bits per heavy atom. The Balaban J connectivity index is 4.61. The minimum Gasteiger partial charge on any atom is -0.466 e. The fraction of sp³-hybridized carbons (Fsp3) is 0.950. The van der Waals surface area contributed by atoms with Gasteiger partial charge in [-0.15, -0.1) is 0 Å². The lowest BCUT2D eigenvalue weighted by atomic mass is 9.81. The molecule has 2 nitrogen and oxygen atoms in total. The summed E-state index contributed by atoms with van der Waals surface area (Å²) in [7, 11) is 0. The first-order valence-corrected chi connectivity index (χ1v) is 9.79. The van der Waals surface area contributed by atoms with Crippen LogP contribution >= 0.6 is 0 Å². The van der Waals surface area contributed by atoms with Crippen LogP contribution in [-0.2, 0) is 9.53 Å². The first-order valence-electron chi connectivity index (χ1n) is 9.79. The summed E-state index contributed by atoms with van der Waals surface area (Å²) in [6, 6.07) is 0. The summed E-state index contributed by atoms with van der Waals surface area (Å²) in [6.07, 6.45) is 12.3. The highest BCUT2D eigenvalue weighted by Crippen LogP contribution is 2.30. The number of ether oxygens (including phenoxy) is 1. The van der Waals surface area contributed by atoms with Gasteiger partial charge >= 0.3 is 5.97 Å².